The predicted molar refractivity (Wildman–Crippen MR) is 85.6 cm³/mol. The minimum absolute atomic E-state index is 0.231. The number of nitrogens with one attached hydrogen (secondary N) is 1. The van der Waals surface area contributed by atoms with Gasteiger partial charge in [0, 0.05) is 20.1 Å². The van der Waals surface area contributed by atoms with Crippen LogP contribution in [0, 0.1) is 0 Å². The van der Waals surface area contributed by atoms with Crippen LogP contribution in [-0.2, 0) is 27.2 Å². The molecule has 0 spiro atoms. The van der Waals surface area contributed by atoms with Gasteiger partial charge in [0.25, 0.3) is 5.56 Å². The summed E-state index contributed by atoms with van der Waals surface area (Å²) in [7, 11) is 3.01. The molecule has 1 N–H and O–H groups in total. The molecule has 0 radical (unpaired) electrons. The van der Waals surface area contributed by atoms with Crippen molar-refractivity contribution in [2.75, 3.05) is 0 Å². The quantitative estimate of drug-likeness (QED) is 0.661. The zero-order valence-corrected chi connectivity index (χ0v) is 14.0. The number of hydrogen-bond donors (Lipinski definition) is 1. The lowest BCUT2D eigenvalue weighted by atomic mass is 10.4. The molecule has 10 nitrogen and oxygen atoms in total. The van der Waals surface area contributed by atoms with E-state index in [0.29, 0.717) is 35.5 Å². The molecule has 0 fully saturated rings. The summed E-state index contributed by atoms with van der Waals surface area (Å²) >= 11 is 0. The van der Waals surface area contributed by atoms with E-state index < -0.39 is 11.2 Å². The Kier molecular flexibility index (Phi) is 4.06. The fraction of sp³-hybridized carbons (Fsp3) is 0.500. The highest BCUT2D eigenvalue weighted by Gasteiger charge is 2.16. The summed E-state index contributed by atoms with van der Waals surface area (Å²) in [6, 6.07) is 0.308. The second kappa shape index (κ2) is 6.04. The third-order valence-electron chi connectivity index (χ3n) is 3.70. The first-order valence-electron chi connectivity index (χ1n) is 7.54. The lowest BCUT2D eigenvalue weighted by Crippen LogP contribution is -2.37. The average Bonchev–Trinajstić information content (AvgIpc) is 3.16. The van der Waals surface area contributed by atoms with E-state index in [1.807, 2.05) is 13.8 Å². The molecule has 0 aliphatic heterocycles. The van der Waals surface area contributed by atoms with Gasteiger partial charge in [-0.3, -0.25) is 13.9 Å². The fourth-order valence-electron chi connectivity index (χ4n) is 2.39. The first-order chi connectivity index (χ1) is 11.4. The standard InChI is InChI=1S/C14H19N7O3/c1-8(2)15-5-10-17-9(18-24-10)6-21-7-16-12-11(21)13(22)20(4)14(23)19(12)3/h7-8,15H,5-6H2,1-4H3. The van der Waals surface area contributed by atoms with Gasteiger partial charge in [0.1, 0.15) is 0 Å². The van der Waals surface area contributed by atoms with Crippen LogP contribution >= 0.6 is 0 Å². The van der Waals surface area contributed by atoms with Gasteiger partial charge in [0.2, 0.25) is 5.89 Å². The second-order valence-corrected chi connectivity index (χ2v) is 5.89. The summed E-state index contributed by atoms with van der Waals surface area (Å²) < 4.78 is 9.17. The zero-order chi connectivity index (χ0) is 17.4. The molecule has 24 heavy (non-hydrogen) atoms. The molecule has 3 heterocycles. The molecule has 0 saturated heterocycles. The molecule has 0 amide bonds. The van der Waals surface area contributed by atoms with E-state index in [-0.39, 0.29) is 6.54 Å². The maximum Gasteiger partial charge on any atom is 0.332 e. The predicted octanol–water partition coefficient (Wildman–Crippen LogP) is -0.637. The van der Waals surface area contributed by atoms with Crippen molar-refractivity contribution in [2.24, 2.45) is 14.1 Å². The molecular formula is C14H19N7O3. The van der Waals surface area contributed by atoms with E-state index in [2.05, 4.69) is 20.4 Å². The van der Waals surface area contributed by atoms with Crippen LogP contribution in [0.4, 0.5) is 0 Å². The molecule has 3 rings (SSSR count). The average molecular weight is 333 g/mol. The summed E-state index contributed by atoms with van der Waals surface area (Å²) in [6.45, 7) is 4.75. The largest absolute Gasteiger partial charge is 0.338 e. The minimum atomic E-state index is -0.417. The molecule has 3 aromatic rings. The van der Waals surface area contributed by atoms with Crippen LogP contribution in [0.15, 0.2) is 20.4 Å². The number of imidazole rings is 1. The summed E-state index contributed by atoms with van der Waals surface area (Å²) in [5.41, 5.74) is -0.172. The van der Waals surface area contributed by atoms with Crippen molar-refractivity contribution in [2.45, 2.75) is 33.0 Å². The highest BCUT2D eigenvalue weighted by molar-refractivity contribution is 5.70. The molecule has 0 aliphatic rings. The van der Waals surface area contributed by atoms with Crippen molar-refractivity contribution in [3.8, 4) is 0 Å². The Morgan fingerprint density at radius 3 is 2.71 bits per heavy atom. The minimum Gasteiger partial charge on any atom is -0.338 e. The Labute approximate surface area is 136 Å². The molecule has 0 saturated carbocycles. The van der Waals surface area contributed by atoms with E-state index >= 15 is 0 Å². The fourth-order valence-corrected chi connectivity index (χ4v) is 2.39. The molecule has 0 aliphatic carbocycles. The first kappa shape index (κ1) is 16.1. The van der Waals surface area contributed by atoms with Crippen molar-refractivity contribution < 1.29 is 4.52 Å². The summed E-state index contributed by atoms with van der Waals surface area (Å²) in [5.74, 6) is 0.911. The van der Waals surface area contributed by atoms with Gasteiger partial charge in [-0.05, 0) is 0 Å². The Hall–Kier alpha value is -2.75. The smallest absolute Gasteiger partial charge is 0.332 e. The van der Waals surface area contributed by atoms with Crippen molar-refractivity contribution in [1.82, 2.24) is 34.1 Å². The van der Waals surface area contributed by atoms with Crippen molar-refractivity contribution >= 4 is 11.2 Å². The molecular weight excluding hydrogens is 314 g/mol. The van der Waals surface area contributed by atoms with E-state index in [9.17, 15) is 9.59 Å². The second-order valence-electron chi connectivity index (χ2n) is 5.89. The third kappa shape index (κ3) is 2.75. The number of rotatable bonds is 5. The summed E-state index contributed by atoms with van der Waals surface area (Å²) in [5, 5.41) is 7.10. The summed E-state index contributed by atoms with van der Waals surface area (Å²) in [6.07, 6.45) is 1.49. The van der Waals surface area contributed by atoms with Gasteiger partial charge >= 0.3 is 5.69 Å². The zero-order valence-electron chi connectivity index (χ0n) is 14.0. The highest BCUT2D eigenvalue weighted by atomic mass is 16.5. The molecule has 128 valence electrons. The summed E-state index contributed by atoms with van der Waals surface area (Å²) in [4.78, 5) is 32.7. The SMILES string of the molecule is CC(C)NCc1nc(Cn2cnc3c2c(=O)n(C)c(=O)n3C)no1. The number of aromatic nitrogens is 6. The highest BCUT2D eigenvalue weighted by Crippen LogP contribution is 2.08. The van der Waals surface area contributed by atoms with E-state index in [4.69, 9.17) is 4.52 Å². The van der Waals surface area contributed by atoms with Crippen molar-refractivity contribution in [1.29, 1.82) is 0 Å². The molecule has 3 aromatic heterocycles. The van der Waals surface area contributed by atoms with Crippen LogP contribution in [0.25, 0.3) is 11.2 Å². The Balaban J connectivity index is 1.94. The maximum atomic E-state index is 12.4. The van der Waals surface area contributed by atoms with Crippen molar-refractivity contribution in [3.05, 3.63) is 38.9 Å². The van der Waals surface area contributed by atoms with Gasteiger partial charge in [0.15, 0.2) is 17.0 Å². The van der Waals surface area contributed by atoms with Gasteiger partial charge in [-0.15, -0.1) is 0 Å². The molecule has 10 heteroatoms. The molecule has 0 bridgehead atoms. The van der Waals surface area contributed by atoms with Crippen LogP contribution in [0.3, 0.4) is 0 Å². The van der Waals surface area contributed by atoms with E-state index in [1.54, 1.807) is 11.6 Å². The third-order valence-corrected chi connectivity index (χ3v) is 3.70. The normalized spacial score (nSPS) is 11.7. The first-order valence-corrected chi connectivity index (χ1v) is 7.54. The van der Waals surface area contributed by atoms with Crippen LogP contribution in [0.2, 0.25) is 0 Å². The van der Waals surface area contributed by atoms with Gasteiger partial charge in [-0.2, -0.15) is 4.98 Å². The lowest BCUT2D eigenvalue weighted by Gasteiger charge is -2.04. The topological polar surface area (TPSA) is 113 Å². The Morgan fingerprint density at radius 2 is 2.00 bits per heavy atom. The number of hydrogen-bond acceptors (Lipinski definition) is 7. The number of aryl methyl sites for hydroxylation is 1. The van der Waals surface area contributed by atoms with E-state index in [0.717, 1.165) is 4.57 Å². The van der Waals surface area contributed by atoms with Crippen LogP contribution in [-0.4, -0.2) is 34.9 Å². The van der Waals surface area contributed by atoms with E-state index in [1.165, 1.54) is 17.9 Å². The molecule has 0 atom stereocenters. The lowest BCUT2D eigenvalue weighted by molar-refractivity contribution is 0.357. The Bertz CT molecular complexity index is 992. The number of nitrogens with zero attached hydrogens (tertiary/aromatic N) is 6. The van der Waals surface area contributed by atoms with Gasteiger partial charge in [-0.1, -0.05) is 19.0 Å². The van der Waals surface area contributed by atoms with Crippen LogP contribution in [0.5, 0.6) is 0 Å². The molecule has 0 unspecified atom stereocenters. The number of fused-ring (bicyclic) bond motifs is 1. The van der Waals surface area contributed by atoms with Gasteiger partial charge in [-0.25, -0.2) is 9.78 Å². The van der Waals surface area contributed by atoms with Gasteiger partial charge < -0.3 is 14.4 Å². The Morgan fingerprint density at radius 1 is 1.25 bits per heavy atom. The van der Waals surface area contributed by atoms with Crippen LogP contribution < -0.4 is 16.6 Å². The molecule has 0 aromatic carbocycles. The maximum absolute atomic E-state index is 12.4. The van der Waals surface area contributed by atoms with Gasteiger partial charge in [0.05, 0.1) is 19.4 Å². The van der Waals surface area contributed by atoms with Crippen molar-refractivity contribution in [3.63, 3.8) is 0 Å². The van der Waals surface area contributed by atoms with Crippen LogP contribution in [0.1, 0.15) is 25.6 Å². The monoisotopic (exact) mass is 333 g/mol.